The summed E-state index contributed by atoms with van der Waals surface area (Å²) < 4.78 is 57.0. The third-order valence-corrected chi connectivity index (χ3v) is 9.97. The highest BCUT2D eigenvalue weighted by Gasteiger charge is 3.08. The van der Waals surface area contributed by atoms with Crippen molar-refractivity contribution in [3.8, 4) is 11.8 Å². The average molecular weight is 725 g/mol. The molecule has 3 heterocycles. The summed E-state index contributed by atoms with van der Waals surface area (Å²) in [6.07, 6.45) is -11.3. The second kappa shape index (κ2) is 11.9. The van der Waals surface area contributed by atoms with E-state index in [-0.39, 0.29) is 22.8 Å². The molecule has 4 aliphatic rings. The number of carbonyl (C=O) groups excluding carboxylic acids is 3. The second-order valence-corrected chi connectivity index (χ2v) is 13.1. The number of aliphatic carboxylic acids is 2. The predicted molar refractivity (Wildman–Crippen MR) is 160 cm³/mol. The van der Waals surface area contributed by atoms with Gasteiger partial charge in [-0.05, 0) is 24.0 Å². The first-order valence-electron chi connectivity index (χ1n) is 14.5. The highest BCUT2D eigenvalue weighted by atomic mass is 35.5. The molecule has 2 bridgehead atoms. The first-order chi connectivity index (χ1) is 23.1. The maximum Gasteiger partial charge on any atom is 0.449 e. The number of hydrogen-bond donors (Lipinski definition) is 4. The fourth-order valence-corrected chi connectivity index (χ4v) is 7.98. The van der Waals surface area contributed by atoms with Crippen molar-refractivity contribution in [2.24, 2.45) is 17.3 Å². The summed E-state index contributed by atoms with van der Waals surface area (Å²) in [5.41, 5.74) is -4.27. The van der Waals surface area contributed by atoms with E-state index in [4.69, 9.17) is 31.3 Å². The molecular weight excluding hydrogens is 701 g/mol. The molecule has 1 amide bonds. The van der Waals surface area contributed by atoms with E-state index in [9.17, 15) is 37.1 Å². The highest BCUT2D eigenvalue weighted by Crippen LogP contribution is 2.95. The summed E-state index contributed by atoms with van der Waals surface area (Å²) in [5, 5.41) is 23.3. The third kappa shape index (κ3) is 5.29. The molecule has 0 saturated heterocycles. The molecule has 0 radical (unpaired) electrons. The molecule has 4 fully saturated rings. The number of fused-ring (bicyclic) bond motifs is 2. The van der Waals surface area contributed by atoms with Crippen molar-refractivity contribution in [2.45, 2.75) is 49.6 Å². The van der Waals surface area contributed by atoms with Crippen molar-refractivity contribution < 1.29 is 56.8 Å². The molecule has 3 aromatic rings. The number of carboxylic acids is 2. The predicted octanol–water partition coefficient (Wildman–Crippen LogP) is 2.26. The lowest BCUT2D eigenvalue weighted by molar-refractivity contribution is -0.172. The van der Waals surface area contributed by atoms with Crippen molar-refractivity contribution in [2.75, 3.05) is 19.4 Å². The van der Waals surface area contributed by atoms with Crippen LogP contribution in [0.5, 0.6) is 0 Å². The smallest absolute Gasteiger partial charge is 0.449 e. The van der Waals surface area contributed by atoms with Gasteiger partial charge in [0.05, 0.1) is 40.4 Å². The summed E-state index contributed by atoms with van der Waals surface area (Å²) in [7, 11) is 2.65. The molecule has 0 aliphatic heterocycles. The normalized spacial score (nSPS) is 25.8. The van der Waals surface area contributed by atoms with Gasteiger partial charge in [0, 0.05) is 25.9 Å². The molecule has 15 nitrogen and oxygen atoms in total. The monoisotopic (exact) mass is 724 g/mol. The number of nitrogens with one attached hydrogen (secondary N) is 2. The largest absolute Gasteiger partial charge is 0.481 e. The minimum absolute atomic E-state index is 0.129. The Hall–Kier alpha value is -4.96. The number of rotatable bonds is 11. The van der Waals surface area contributed by atoms with Gasteiger partial charge in [-0.15, -0.1) is 11.3 Å². The lowest BCUT2D eigenvalue weighted by Gasteiger charge is -2.29. The maximum absolute atomic E-state index is 14.9. The van der Waals surface area contributed by atoms with Gasteiger partial charge in [0.1, 0.15) is 5.41 Å². The van der Waals surface area contributed by atoms with Crippen molar-refractivity contribution in [3.63, 3.8) is 0 Å². The molecular formula is C29H24ClF3N6O9S. The van der Waals surface area contributed by atoms with Gasteiger partial charge in [0.25, 0.3) is 0 Å². The van der Waals surface area contributed by atoms with E-state index in [0.29, 0.717) is 9.21 Å². The molecule has 4 saturated carbocycles. The van der Waals surface area contributed by atoms with E-state index in [2.05, 4.69) is 37.4 Å². The summed E-state index contributed by atoms with van der Waals surface area (Å²) in [5.74, 6) is -4.01. The van der Waals surface area contributed by atoms with Gasteiger partial charge in [0.15, 0.2) is 29.2 Å². The lowest BCUT2D eigenvalue weighted by atomic mass is 9.91. The fourth-order valence-electron chi connectivity index (χ4n) is 7.08. The molecule has 4 atom stereocenters. The number of aromatic nitrogens is 4. The minimum Gasteiger partial charge on any atom is -0.481 e. The van der Waals surface area contributed by atoms with Crippen LogP contribution in [-0.4, -0.2) is 85.8 Å². The lowest BCUT2D eigenvalue weighted by Crippen LogP contribution is -2.43. The number of thiophene rings is 1. The van der Waals surface area contributed by atoms with Crippen LogP contribution in [0.15, 0.2) is 12.1 Å². The standard InChI is InChI=1S/C29H24ClF3N6O9S/c1-34-23-18-24(37-13(36-23)6-4-11-3-5-12(30)49-11)39(25(38-18)29(31,32)33)28-19-20(28)27(19,26(46)35-2)21(47-16(44)9-7-14(40)41)22(28)48-17(45)10-8-15(42)43/h3,5,19-22H,7-10H2,1-2H3,(H,35,46)(H,40,41)(H,42,43)(H,34,36,37). The number of carbonyl (C=O) groups is 5. The number of esters is 2. The van der Waals surface area contributed by atoms with Crippen molar-refractivity contribution in [1.82, 2.24) is 24.8 Å². The number of hydrogen-bond acceptors (Lipinski definition) is 12. The van der Waals surface area contributed by atoms with Crippen LogP contribution in [0, 0.1) is 29.1 Å². The third-order valence-electron chi connectivity index (χ3n) is 8.82. The topological polar surface area (TPSA) is 212 Å². The summed E-state index contributed by atoms with van der Waals surface area (Å²) in [4.78, 5) is 74.4. The Bertz CT molecular complexity index is 1990. The summed E-state index contributed by atoms with van der Waals surface area (Å²) >= 11 is 7.12. The molecule has 4 aliphatic carbocycles. The van der Waals surface area contributed by atoms with Crippen molar-refractivity contribution >= 4 is 69.7 Å². The number of anilines is 1. The van der Waals surface area contributed by atoms with Gasteiger partial charge in [-0.25, -0.2) is 15.0 Å². The van der Waals surface area contributed by atoms with Crippen LogP contribution >= 0.6 is 22.9 Å². The van der Waals surface area contributed by atoms with Crippen LogP contribution in [-0.2, 0) is 45.2 Å². The van der Waals surface area contributed by atoms with Crippen LogP contribution in [0.25, 0.3) is 11.2 Å². The Morgan fingerprint density at radius 1 is 0.959 bits per heavy atom. The Morgan fingerprint density at radius 3 is 2.08 bits per heavy atom. The van der Waals surface area contributed by atoms with Gasteiger partial charge in [-0.2, -0.15) is 13.2 Å². The molecule has 4 unspecified atom stereocenters. The number of imidazole rings is 1. The number of ether oxygens (including phenoxy) is 2. The Labute approximate surface area is 282 Å². The minimum atomic E-state index is -5.14. The quantitative estimate of drug-likeness (QED) is 0.165. The van der Waals surface area contributed by atoms with Crippen LogP contribution in [0.2, 0.25) is 4.34 Å². The van der Waals surface area contributed by atoms with Crippen LogP contribution in [0.1, 0.15) is 42.2 Å². The molecule has 0 aromatic carbocycles. The van der Waals surface area contributed by atoms with Crippen LogP contribution in [0.4, 0.5) is 19.0 Å². The second-order valence-electron chi connectivity index (χ2n) is 11.4. The first kappa shape index (κ1) is 33.9. The number of nitrogens with zero attached hydrogens (tertiary/aromatic N) is 4. The molecule has 7 rings (SSSR count). The van der Waals surface area contributed by atoms with Crippen LogP contribution in [0.3, 0.4) is 0 Å². The van der Waals surface area contributed by atoms with Gasteiger partial charge >= 0.3 is 30.1 Å². The van der Waals surface area contributed by atoms with E-state index >= 15 is 0 Å². The van der Waals surface area contributed by atoms with Crippen molar-refractivity contribution in [3.05, 3.63) is 33.0 Å². The van der Waals surface area contributed by atoms with E-state index in [1.807, 2.05) is 0 Å². The average Bonchev–Trinajstić information content (AvgIpc) is 3.68. The van der Waals surface area contributed by atoms with E-state index in [0.717, 1.165) is 15.9 Å². The number of amides is 1. The Kier molecular flexibility index (Phi) is 8.22. The zero-order valence-electron chi connectivity index (χ0n) is 25.3. The zero-order valence-corrected chi connectivity index (χ0v) is 26.8. The molecule has 20 heteroatoms. The van der Waals surface area contributed by atoms with E-state index in [1.54, 1.807) is 12.1 Å². The Balaban J connectivity index is 1.54. The van der Waals surface area contributed by atoms with Gasteiger partial charge in [0.2, 0.25) is 17.6 Å². The number of carboxylic acid groups (broad SMARTS) is 2. The molecule has 0 spiro atoms. The maximum atomic E-state index is 14.9. The molecule has 258 valence electrons. The fraction of sp³-hybridized carbons (Fsp3) is 0.448. The Morgan fingerprint density at radius 2 is 1.57 bits per heavy atom. The van der Waals surface area contributed by atoms with Crippen LogP contribution < -0.4 is 10.6 Å². The number of alkyl halides is 3. The number of halogens is 4. The van der Waals surface area contributed by atoms with E-state index < -0.39 is 102 Å². The molecule has 4 N–H and O–H groups in total. The summed E-state index contributed by atoms with van der Waals surface area (Å²) in [6, 6.07) is 3.22. The van der Waals surface area contributed by atoms with Gasteiger partial charge < -0.3 is 30.3 Å². The van der Waals surface area contributed by atoms with Gasteiger partial charge in [-0.3, -0.25) is 28.5 Å². The first-order valence-corrected chi connectivity index (χ1v) is 15.7. The SMILES string of the molecule is CNC(=O)C12C(OC(=O)CCC(=O)O)C(OC(=O)CCC(=O)O)C3(n4c(C(F)(F)F)nc5c(NC)nc(C#Cc6ccc(Cl)s6)nc54)C1C23. The van der Waals surface area contributed by atoms with Gasteiger partial charge in [-0.1, -0.05) is 11.6 Å². The molecule has 49 heavy (non-hydrogen) atoms. The zero-order chi connectivity index (χ0) is 35.6. The summed E-state index contributed by atoms with van der Waals surface area (Å²) in [6.45, 7) is 0. The van der Waals surface area contributed by atoms with E-state index in [1.165, 1.54) is 14.1 Å². The van der Waals surface area contributed by atoms with Crippen molar-refractivity contribution in [1.29, 1.82) is 0 Å². The highest BCUT2D eigenvalue weighted by molar-refractivity contribution is 7.16. The molecule has 3 aromatic heterocycles.